The molecule has 1 unspecified atom stereocenters. The van der Waals surface area contributed by atoms with Gasteiger partial charge in [-0.1, -0.05) is 55.8 Å². The first-order valence-electron chi connectivity index (χ1n) is 9.55. The summed E-state index contributed by atoms with van der Waals surface area (Å²) >= 11 is 0. The van der Waals surface area contributed by atoms with Gasteiger partial charge < -0.3 is 14.4 Å². The Morgan fingerprint density at radius 3 is 2.43 bits per heavy atom. The molecular formula is C23H29NO4. The molecule has 1 atom stereocenters. The lowest BCUT2D eigenvalue weighted by Crippen LogP contribution is -2.39. The summed E-state index contributed by atoms with van der Waals surface area (Å²) in [6.45, 7) is 6.46. The van der Waals surface area contributed by atoms with Crippen molar-refractivity contribution >= 4 is 11.9 Å². The van der Waals surface area contributed by atoms with Crippen molar-refractivity contribution in [1.29, 1.82) is 0 Å². The van der Waals surface area contributed by atoms with Gasteiger partial charge in [-0.3, -0.25) is 9.59 Å². The van der Waals surface area contributed by atoms with Gasteiger partial charge in [0.2, 0.25) is 0 Å². The first kappa shape index (κ1) is 21.5. The van der Waals surface area contributed by atoms with Crippen molar-refractivity contribution < 1.29 is 19.1 Å². The number of esters is 1. The van der Waals surface area contributed by atoms with Gasteiger partial charge in [-0.2, -0.15) is 0 Å². The number of methoxy groups -OCH3 is 1. The third-order valence-electron chi connectivity index (χ3n) is 4.61. The minimum atomic E-state index is -0.414. The van der Waals surface area contributed by atoms with Gasteiger partial charge in [0.1, 0.15) is 5.75 Å². The molecule has 2 aromatic carbocycles. The van der Waals surface area contributed by atoms with E-state index in [9.17, 15) is 9.59 Å². The summed E-state index contributed by atoms with van der Waals surface area (Å²) < 4.78 is 10.5. The third-order valence-corrected chi connectivity index (χ3v) is 4.61. The van der Waals surface area contributed by atoms with E-state index >= 15 is 0 Å². The Morgan fingerprint density at radius 2 is 1.79 bits per heavy atom. The summed E-state index contributed by atoms with van der Waals surface area (Å²) in [5.41, 5.74) is 3.31. The van der Waals surface area contributed by atoms with Crippen LogP contribution in [-0.4, -0.2) is 37.0 Å². The smallest absolute Gasteiger partial charge is 0.310 e. The molecule has 0 saturated carbocycles. The molecule has 0 aromatic heterocycles. The molecule has 0 fully saturated rings. The van der Waals surface area contributed by atoms with E-state index in [1.807, 2.05) is 55.5 Å². The molecule has 1 amide bonds. The van der Waals surface area contributed by atoms with E-state index in [0.29, 0.717) is 12.3 Å². The molecule has 0 spiro atoms. The molecule has 0 radical (unpaired) electrons. The van der Waals surface area contributed by atoms with Crippen LogP contribution in [0.1, 0.15) is 30.5 Å². The summed E-state index contributed by atoms with van der Waals surface area (Å²) in [6.07, 6.45) is 0.904. The number of rotatable bonds is 9. The second-order valence-corrected chi connectivity index (χ2v) is 6.97. The maximum absolute atomic E-state index is 12.8. The second kappa shape index (κ2) is 10.5. The van der Waals surface area contributed by atoms with E-state index in [1.165, 1.54) is 7.11 Å². The Balaban J connectivity index is 2.08. The van der Waals surface area contributed by atoms with E-state index in [4.69, 9.17) is 9.47 Å². The topological polar surface area (TPSA) is 55.8 Å². The second-order valence-electron chi connectivity index (χ2n) is 6.97. The van der Waals surface area contributed by atoms with Crippen LogP contribution < -0.4 is 4.74 Å². The number of aryl methyl sites for hydroxylation is 2. The largest absolute Gasteiger partial charge is 0.484 e. The molecule has 0 heterocycles. The van der Waals surface area contributed by atoms with Crippen LogP contribution in [0.5, 0.6) is 5.75 Å². The highest BCUT2D eigenvalue weighted by Gasteiger charge is 2.22. The fourth-order valence-corrected chi connectivity index (χ4v) is 2.87. The molecular weight excluding hydrogens is 354 g/mol. The van der Waals surface area contributed by atoms with E-state index in [0.717, 1.165) is 23.1 Å². The van der Waals surface area contributed by atoms with Gasteiger partial charge in [0.15, 0.2) is 6.61 Å². The van der Waals surface area contributed by atoms with Crippen LogP contribution in [0.15, 0.2) is 48.5 Å². The molecule has 0 aliphatic rings. The van der Waals surface area contributed by atoms with E-state index in [-0.39, 0.29) is 25.0 Å². The number of benzene rings is 2. The Kier molecular flexibility index (Phi) is 8.05. The van der Waals surface area contributed by atoms with Gasteiger partial charge in [-0.05, 0) is 36.6 Å². The number of nitrogens with zero attached hydrogens (tertiary/aromatic N) is 1. The summed E-state index contributed by atoms with van der Waals surface area (Å²) in [5, 5.41) is 0. The Labute approximate surface area is 167 Å². The average molecular weight is 383 g/mol. The lowest BCUT2D eigenvalue weighted by molar-refractivity contribution is -0.147. The lowest BCUT2D eigenvalue weighted by atomic mass is 10.1. The number of ether oxygens (including phenoxy) is 2. The first-order chi connectivity index (χ1) is 13.4. The van der Waals surface area contributed by atoms with Gasteiger partial charge >= 0.3 is 5.97 Å². The van der Waals surface area contributed by atoms with Crippen molar-refractivity contribution in [3.63, 3.8) is 0 Å². The van der Waals surface area contributed by atoms with Gasteiger partial charge in [0.25, 0.3) is 5.91 Å². The molecule has 0 saturated heterocycles. The molecule has 150 valence electrons. The fourth-order valence-electron chi connectivity index (χ4n) is 2.87. The van der Waals surface area contributed by atoms with Crippen LogP contribution in [0.25, 0.3) is 0 Å². The summed E-state index contributed by atoms with van der Waals surface area (Å²) in [4.78, 5) is 26.3. The Morgan fingerprint density at radius 1 is 1.07 bits per heavy atom. The monoisotopic (exact) mass is 383 g/mol. The highest BCUT2D eigenvalue weighted by atomic mass is 16.5. The average Bonchev–Trinajstić information content (AvgIpc) is 2.72. The van der Waals surface area contributed by atoms with Crippen molar-refractivity contribution in [2.45, 2.75) is 33.7 Å². The SMILES string of the molecule is CCc1cccc(OCC(=O)N(Cc2ccc(C)cc2)CC(C)C(=O)OC)c1. The van der Waals surface area contributed by atoms with Crippen LogP contribution in [0.3, 0.4) is 0 Å². The van der Waals surface area contributed by atoms with Gasteiger partial charge in [-0.25, -0.2) is 0 Å². The van der Waals surface area contributed by atoms with E-state index < -0.39 is 5.92 Å². The third kappa shape index (κ3) is 6.41. The van der Waals surface area contributed by atoms with Crippen molar-refractivity contribution in [1.82, 2.24) is 4.90 Å². The van der Waals surface area contributed by atoms with Gasteiger partial charge in [0.05, 0.1) is 13.0 Å². The highest BCUT2D eigenvalue weighted by molar-refractivity contribution is 5.79. The Bertz CT molecular complexity index is 785. The van der Waals surface area contributed by atoms with Crippen LogP contribution in [0, 0.1) is 12.8 Å². The number of carbonyl (C=O) groups is 2. The predicted molar refractivity (Wildman–Crippen MR) is 109 cm³/mol. The molecule has 5 heteroatoms. The summed E-state index contributed by atoms with van der Waals surface area (Å²) in [5.74, 6) is -0.247. The zero-order valence-corrected chi connectivity index (χ0v) is 17.1. The van der Waals surface area contributed by atoms with E-state index in [2.05, 4.69) is 6.92 Å². The van der Waals surface area contributed by atoms with Crippen molar-refractivity contribution in [2.24, 2.45) is 5.92 Å². The van der Waals surface area contributed by atoms with Gasteiger partial charge in [-0.15, -0.1) is 0 Å². The molecule has 0 aliphatic heterocycles. The normalized spacial score (nSPS) is 11.6. The van der Waals surface area contributed by atoms with Crippen LogP contribution in [0.4, 0.5) is 0 Å². The van der Waals surface area contributed by atoms with E-state index in [1.54, 1.807) is 11.8 Å². The van der Waals surface area contributed by atoms with Gasteiger partial charge in [0, 0.05) is 13.1 Å². The quantitative estimate of drug-likeness (QED) is 0.619. The lowest BCUT2D eigenvalue weighted by Gasteiger charge is -2.25. The standard InChI is InChI=1S/C23H29NO4/c1-5-19-7-6-8-21(13-19)28-16-22(25)24(14-18(3)23(26)27-4)15-20-11-9-17(2)10-12-20/h6-13,18H,5,14-16H2,1-4H3. The molecule has 5 nitrogen and oxygen atoms in total. The molecule has 0 aliphatic carbocycles. The summed E-state index contributed by atoms with van der Waals surface area (Å²) in [7, 11) is 1.36. The number of hydrogen-bond donors (Lipinski definition) is 0. The molecule has 0 bridgehead atoms. The number of amides is 1. The molecule has 2 rings (SSSR count). The molecule has 2 aromatic rings. The number of hydrogen-bond acceptors (Lipinski definition) is 4. The number of carbonyl (C=O) groups excluding carboxylic acids is 2. The zero-order valence-electron chi connectivity index (χ0n) is 17.1. The first-order valence-corrected chi connectivity index (χ1v) is 9.55. The zero-order chi connectivity index (χ0) is 20.5. The highest BCUT2D eigenvalue weighted by Crippen LogP contribution is 2.15. The minimum absolute atomic E-state index is 0.0765. The molecule has 28 heavy (non-hydrogen) atoms. The van der Waals surface area contributed by atoms with Crippen molar-refractivity contribution in [3.8, 4) is 5.75 Å². The van der Waals surface area contributed by atoms with Crippen molar-refractivity contribution in [3.05, 3.63) is 65.2 Å². The van der Waals surface area contributed by atoms with Crippen molar-refractivity contribution in [2.75, 3.05) is 20.3 Å². The fraction of sp³-hybridized carbons (Fsp3) is 0.391. The Hall–Kier alpha value is -2.82. The van der Waals surface area contributed by atoms with Crippen LogP contribution in [-0.2, 0) is 27.3 Å². The maximum atomic E-state index is 12.8. The molecule has 0 N–H and O–H groups in total. The maximum Gasteiger partial charge on any atom is 0.310 e. The van der Waals surface area contributed by atoms with Crippen LogP contribution >= 0.6 is 0 Å². The predicted octanol–water partition coefficient (Wildman–Crippen LogP) is 3.77. The summed E-state index contributed by atoms with van der Waals surface area (Å²) in [6, 6.07) is 15.7. The minimum Gasteiger partial charge on any atom is -0.484 e. The van der Waals surface area contributed by atoms with Crippen LogP contribution in [0.2, 0.25) is 0 Å².